The Labute approximate surface area is 184 Å². The van der Waals surface area contributed by atoms with Gasteiger partial charge in [-0.05, 0) is 41.8 Å². The van der Waals surface area contributed by atoms with Gasteiger partial charge in [-0.25, -0.2) is 13.1 Å². The number of benzene rings is 3. The summed E-state index contributed by atoms with van der Waals surface area (Å²) in [7, 11) is -3.85. The normalized spacial score (nSPS) is 11.8. The van der Waals surface area contributed by atoms with Gasteiger partial charge in [-0.3, -0.25) is 4.79 Å². The molecule has 0 radical (unpaired) electrons. The van der Waals surface area contributed by atoms with E-state index in [-0.39, 0.29) is 35.5 Å². The summed E-state index contributed by atoms with van der Waals surface area (Å²) in [5.41, 5.74) is 0.203. The standard InChI is InChI=1S/C23H21F3N2O3S/c24-23(25,26)21-12-5-4-9-18(21)13-14-27-22(29)19-10-6-11-20(15-19)32(30,31)28-16-17-7-2-1-3-8-17/h1-12,15,28H,13-14,16H2,(H,27,29). The van der Waals surface area contributed by atoms with Gasteiger partial charge in [0.2, 0.25) is 10.0 Å². The Morgan fingerprint density at radius 3 is 2.28 bits per heavy atom. The van der Waals surface area contributed by atoms with Crippen LogP contribution < -0.4 is 10.0 Å². The lowest BCUT2D eigenvalue weighted by molar-refractivity contribution is -0.138. The Bertz CT molecular complexity index is 1180. The Balaban J connectivity index is 1.63. The summed E-state index contributed by atoms with van der Waals surface area (Å²) in [5, 5.41) is 2.54. The third-order valence-electron chi connectivity index (χ3n) is 4.72. The lowest BCUT2D eigenvalue weighted by Gasteiger charge is -2.13. The molecule has 0 saturated carbocycles. The molecule has 0 aromatic heterocycles. The first kappa shape index (κ1) is 23.5. The molecule has 5 nitrogen and oxygen atoms in total. The molecule has 3 rings (SSSR count). The number of carbonyl (C=O) groups is 1. The molecule has 3 aromatic carbocycles. The predicted octanol–water partition coefficient (Wildman–Crippen LogP) is 4.16. The molecule has 0 aliphatic carbocycles. The monoisotopic (exact) mass is 462 g/mol. The molecule has 0 heterocycles. The van der Waals surface area contributed by atoms with Gasteiger partial charge >= 0.3 is 6.18 Å². The smallest absolute Gasteiger partial charge is 0.352 e. The largest absolute Gasteiger partial charge is 0.416 e. The second kappa shape index (κ2) is 9.97. The van der Waals surface area contributed by atoms with E-state index in [1.54, 1.807) is 24.3 Å². The van der Waals surface area contributed by atoms with Gasteiger partial charge in [0.05, 0.1) is 10.5 Å². The van der Waals surface area contributed by atoms with E-state index in [0.717, 1.165) is 11.6 Å². The van der Waals surface area contributed by atoms with Crippen LogP contribution in [0.1, 0.15) is 27.0 Å². The number of halogens is 3. The Kier molecular flexibility index (Phi) is 7.32. The van der Waals surface area contributed by atoms with Gasteiger partial charge in [0.15, 0.2) is 0 Å². The van der Waals surface area contributed by atoms with Crippen LogP contribution >= 0.6 is 0 Å². The van der Waals surface area contributed by atoms with Gasteiger partial charge < -0.3 is 5.32 Å². The van der Waals surface area contributed by atoms with Gasteiger partial charge in [-0.2, -0.15) is 13.2 Å². The molecule has 0 aliphatic rings. The van der Waals surface area contributed by atoms with Gasteiger partial charge in [-0.15, -0.1) is 0 Å². The zero-order valence-electron chi connectivity index (χ0n) is 16.9. The van der Waals surface area contributed by atoms with E-state index in [0.29, 0.717) is 0 Å². The van der Waals surface area contributed by atoms with E-state index in [2.05, 4.69) is 10.0 Å². The summed E-state index contributed by atoms with van der Waals surface area (Å²) in [6, 6.07) is 19.6. The zero-order chi connectivity index (χ0) is 23.2. The molecular weight excluding hydrogens is 441 g/mol. The van der Waals surface area contributed by atoms with Crippen molar-refractivity contribution in [2.75, 3.05) is 6.54 Å². The number of sulfonamides is 1. The van der Waals surface area contributed by atoms with Crippen LogP contribution in [0.2, 0.25) is 0 Å². The minimum atomic E-state index is -4.48. The fraction of sp³-hybridized carbons (Fsp3) is 0.174. The number of rotatable bonds is 8. The minimum Gasteiger partial charge on any atom is -0.352 e. The summed E-state index contributed by atoms with van der Waals surface area (Å²) in [4.78, 5) is 12.3. The maximum atomic E-state index is 13.1. The highest BCUT2D eigenvalue weighted by molar-refractivity contribution is 7.89. The molecule has 0 bridgehead atoms. The Morgan fingerprint density at radius 2 is 1.56 bits per heavy atom. The van der Waals surface area contributed by atoms with Crippen molar-refractivity contribution in [2.24, 2.45) is 0 Å². The number of hydrogen-bond donors (Lipinski definition) is 2. The highest BCUT2D eigenvalue weighted by Gasteiger charge is 2.32. The molecular formula is C23H21F3N2O3S. The van der Waals surface area contributed by atoms with E-state index in [4.69, 9.17) is 0 Å². The lowest BCUT2D eigenvalue weighted by Crippen LogP contribution is -2.27. The molecule has 32 heavy (non-hydrogen) atoms. The molecule has 3 aromatic rings. The van der Waals surface area contributed by atoms with Crippen LogP contribution in [0.5, 0.6) is 0 Å². The third kappa shape index (κ3) is 6.18. The van der Waals surface area contributed by atoms with Crippen molar-refractivity contribution in [2.45, 2.75) is 24.0 Å². The molecule has 1 amide bonds. The van der Waals surface area contributed by atoms with E-state index in [9.17, 15) is 26.4 Å². The van der Waals surface area contributed by atoms with Crippen LogP contribution in [0, 0.1) is 0 Å². The van der Waals surface area contributed by atoms with Crippen molar-refractivity contribution in [1.82, 2.24) is 10.0 Å². The highest BCUT2D eigenvalue weighted by atomic mass is 32.2. The molecule has 0 fully saturated rings. The average molecular weight is 462 g/mol. The molecule has 168 valence electrons. The Hall–Kier alpha value is -3.17. The van der Waals surface area contributed by atoms with Crippen molar-refractivity contribution in [3.8, 4) is 0 Å². The molecule has 0 aliphatic heterocycles. The van der Waals surface area contributed by atoms with Crippen LogP contribution in [0.4, 0.5) is 13.2 Å². The van der Waals surface area contributed by atoms with Crippen molar-refractivity contribution < 1.29 is 26.4 Å². The van der Waals surface area contributed by atoms with Crippen LogP contribution in [0.3, 0.4) is 0 Å². The van der Waals surface area contributed by atoms with Gasteiger partial charge in [0.1, 0.15) is 0 Å². The Morgan fingerprint density at radius 1 is 0.875 bits per heavy atom. The fourth-order valence-electron chi connectivity index (χ4n) is 3.09. The predicted molar refractivity (Wildman–Crippen MR) is 114 cm³/mol. The number of carbonyl (C=O) groups excluding carboxylic acids is 1. The number of alkyl halides is 3. The summed E-state index contributed by atoms with van der Waals surface area (Å²) in [5.74, 6) is -0.574. The highest BCUT2D eigenvalue weighted by Crippen LogP contribution is 2.31. The van der Waals surface area contributed by atoms with E-state index >= 15 is 0 Å². The zero-order valence-corrected chi connectivity index (χ0v) is 17.7. The minimum absolute atomic E-state index is 0.0158. The molecule has 0 saturated heterocycles. The first-order valence-electron chi connectivity index (χ1n) is 9.74. The third-order valence-corrected chi connectivity index (χ3v) is 6.12. The number of amides is 1. The molecule has 9 heteroatoms. The topological polar surface area (TPSA) is 75.3 Å². The fourth-order valence-corrected chi connectivity index (χ4v) is 4.15. The second-order valence-corrected chi connectivity index (χ2v) is 8.77. The van der Waals surface area contributed by atoms with Crippen LogP contribution in [-0.2, 0) is 29.2 Å². The summed E-state index contributed by atoms with van der Waals surface area (Å²) >= 11 is 0. The number of hydrogen-bond acceptors (Lipinski definition) is 3. The molecule has 2 N–H and O–H groups in total. The first-order chi connectivity index (χ1) is 15.2. The van der Waals surface area contributed by atoms with Gasteiger partial charge in [0, 0.05) is 18.7 Å². The molecule has 0 spiro atoms. The SMILES string of the molecule is O=C(NCCc1ccccc1C(F)(F)F)c1cccc(S(=O)(=O)NCc2ccccc2)c1. The van der Waals surface area contributed by atoms with Crippen LogP contribution in [0.25, 0.3) is 0 Å². The first-order valence-corrected chi connectivity index (χ1v) is 11.2. The summed E-state index contributed by atoms with van der Waals surface area (Å²) in [6.07, 6.45) is -4.49. The summed E-state index contributed by atoms with van der Waals surface area (Å²) in [6.45, 7) is 0.0629. The van der Waals surface area contributed by atoms with Gasteiger partial charge in [-0.1, -0.05) is 54.6 Å². The molecule has 0 atom stereocenters. The lowest BCUT2D eigenvalue weighted by atomic mass is 10.0. The van der Waals surface area contributed by atoms with Crippen molar-refractivity contribution in [1.29, 1.82) is 0 Å². The van der Waals surface area contributed by atoms with Crippen LogP contribution in [0.15, 0.2) is 83.8 Å². The van der Waals surface area contributed by atoms with E-state index in [1.165, 1.54) is 42.5 Å². The van der Waals surface area contributed by atoms with Gasteiger partial charge in [0.25, 0.3) is 5.91 Å². The summed E-state index contributed by atoms with van der Waals surface area (Å²) < 4.78 is 66.8. The quantitative estimate of drug-likeness (QED) is 0.528. The maximum Gasteiger partial charge on any atom is 0.416 e. The second-order valence-electron chi connectivity index (χ2n) is 7.00. The van der Waals surface area contributed by atoms with Crippen LogP contribution in [-0.4, -0.2) is 20.9 Å². The number of nitrogens with one attached hydrogen (secondary N) is 2. The van der Waals surface area contributed by atoms with Crippen molar-refractivity contribution in [3.05, 3.63) is 101 Å². The molecule has 0 unspecified atom stereocenters. The van der Waals surface area contributed by atoms with E-state index in [1.807, 2.05) is 6.07 Å². The van der Waals surface area contributed by atoms with E-state index < -0.39 is 27.7 Å². The van der Waals surface area contributed by atoms with Crippen molar-refractivity contribution >= 4 is 15.9 Å². The maximum absolute atomic E-state index is 13.1. The van der Waals surface area contributed by atoms with Crippen molar-refractivity contribution in [3.63, 3.8) is 0 Å². The average Bonchev–Trinajstić information content (AvgIpc) is 2.78.